The Labute approximate surface area is 170 Å². The van der Waals surface area contributed by atoms with E-state index in [2.05, 4.69) is 0 Å². The van der Waals surface area contributed by atoms with Gasteiger partial charge in [0.25, 0.3) is 0 Å². The van der Waals surface area contributed by atoms with E-state index in [9.17, 15) is 14.7 Å². The van der Waals surface area contributed by atoms with Crippen molar-refractivity contribution in [3.63, 3.8) is 0 Å². The SMILES string of the molecule is CC[N+]1(C(=O)O)CCOc2c1cc1c(c2Cl)CCN(C(=O)OC(C)(C)C)CC1. The summed E-state index contributed by atoms with van der Waals surface area (Å²) < 4.78 is 11.1. The highest BCUT2D eigenvalue weighted by Crippen LogP contribution is 2.46. The van der Waals surface area contributed by atoms with Crippen LogP contribution in [0.25, 0.3) is 0 Å². The smallest absolute Gasteiger partial charge is 0.480 e. The minimum Gasteiger partial charge on any atom is -0.480 e. The molecule has 8 heteroatoms. The Kier molecular flexibility index (Phi) is 5.51. The molecule has 2 aliphatic rings. The summed E-state index contributed by atoms with van der Waals surface area (Å²) in [6.07, 6.45) is -0.0949. The molecular weight excluding hydrogens is 384 g/mol. The van der Waals surface area contributed by atoms with Crippen LogP contribution in [0.15, 0.2) is 6.07 Å². The van der Waals surface area contributed by atoms with E-state index in [1.54, 1.807) is 4.90 Å². The number of halogens is 1. The van der Waals surface area contributed by atoms with Crippen LogP contribution in [-0.2, 0) is 17.6 Å². The van der Waals surface area contributed by atoms with Gasteiger partial charge in [0.05, 0.1) is 11.6 Å². The summed E-state index contributed by atoms with van der Waals surface area (Å²) in [5, 5.41) is 10.4. The molecule has 1 aromatic rings. The first-order valence-electron chi connectivity index (χ1n) is 9.65. The third kappa shape index (κ3) is 3.65. The van der Waals surface area contributed by atoms with Crippen molar-refractivity contribution < 1.29 is 24.2 Å². The monoisotopic (exact) mass is 411 g/mol. The van der Waals surface area contributed by atoms with Crippen molar-refractivity contribution in [2.75, 3.05) is 32.8 Å². The molecule has 1 unspecified atom stereocenters. The maximum Gasteiger partial charge on any atom is 0.518 e. The average molecular weight is 412 g/mol. The minimum absolute atomic E-state index is 0.196. The first-order valence-corrected chi connectivity index (χ1v) is 10.0. The molecule has 1 atom stereocenters. The van der Waals surface area contributed by atoms with Crippen LogP contribution in [-0.4, -0.2) is 60.6 Å². The van der Waals surface area contributed by atoms with Gasteiger partial charge in [-0.05, 0) is 51.7 Å². The van der Waals surface area contributed by atoms with Crippen molar-refractivity contribution in [3.8, 4) is 5.75 Å². The molecular formula is C20H28ClN2O5+. The number of hydrogen-bond acceptors (Lipinski definition) is 4. The molecule has 0 aliphatic carbocycles. The molecule has 0 saturated carbocycles. The average Bonchev–Trinajstić information content (AvgIpc) is 2.83. The summed E-state index contributed by atoms with van der Waals surface area (Å²) in [5.74, 6) is 0.460. The van der Waals surface area contributed by atoms with Crippen LogP contribution in [0.5, 0.6) is 5.75 Å². The summed E-state index contributed by atoms with van der Waals surface area (Å²) in [6.45, 7) is 9.44. The molecule has 1 N–H and O–H groups in total. The van der Waals surface area contributed by atoms with E-state index in [0.717, 1.165) is 11.1 Å². The van der Waals surface area contributed by atoms with Crippen LogP contribution < -0.4 is 9.22 Å². The van der Waals surface area contributed by atoms with Crippen LogP contribution in [0, 0.1) is 0 Å². The van der Waals surface area contributed by atoms with E-state index in [4.69, 9.17) is 21.1 Å². The van der Waals surface area contributed by atoms with Gasteiger partial charge >= 0.3 is 12.2 Å². The zero-order valence-corrected chi connectivity index (χ0v) is 17.6. The van der Waals surface area contributed by atoms with Crippen molar-refractivity contribution in [2.45, 2.75) is 46.1 Å². The summed E-state index contributed by atoms with van der Waals surface area (Å²) >= 11 is 6.68. The Morgan fingerprint density at radius 1 is 1.32 bits per heavy atom. The first kappa shape index (κ1) is 20.7. The van der Waals surface area contributed by atoms with Crippen LogP contribution in [0.3, 0.4) is 0 Å². The fraction of sp³-hybridized carbons (Fsp3) is 0.600. The highest BCUT2D eigenvalue weighted by Gasteiger charge is 2.45. The minimum atomic E-state index is -0.910. The second-order valence-electron chi connectivity index (χ2n) is 8.28. The number of ether oxygens (including phenoxy) is 2. The number of rotatable bonds is 1. The standard InChI is InChI=1S/C20H27ClN2O5/c1-5-23(19(25)26)10-11-27-17-15(23)12-13-6-8-22(9-7-14(13)16(17)21)18(24)28-20(2,3)4/h12H,5-11H2,1-4H3/p+1. The highest BCUT2D eigenvalue weighted by atomic mass is 35.5. The molecule has 2 heterocycles. The molecule has 0 spiro atoms. The number of nitrogens with zero attached hydrogens (tertiary/aromatic N) is 2. The predicted molar refractivity (Wildman–Crippen MR) is 107 cm³/mol. The fourth-order valence-corrected chi connectivity index (χ4v) is 4.23. The fourth-order valence-electron chi connectivity index (χ4n) is 3.87. The number of carbonyl (C=O) groups is 2. The van der Waals surface area contributed by atoms with E-state index >= 15 is 0 Å². The van der Waals surface area contributed by atoms with Gasteiger partial charge in [-0.15, -0.1) is 0 Å². The Morgan fingerprint density at radius 3 is 2.61 bits per heavy atom. The lowest BCUT2D eigenvalue weighted by Gasteiger charge is -2.36. The molecule has 2 aliphatic heterocycles. The van der Waals surface area contributed by atoms with Crippen molar-refractivity contribution in [1.29, 1.82) is 0 Å². The van der Waals surface area contributed by atoms with Gasteiger partial charge in [0.2, 0.25) is 0 Å². The molecule has 0 radical (unpaired) electrons. The predicted octanol–water partition coefficient (Wildman–Crippen LogP) is 4.07. The van der Waals surface area contributed by atoms with Crippen LogP contribution in [0.2, 0.25) is 5.02 Å². The maximum absolute atomic E-state index is 12.5. The second kappa shape index (κ2) is 7.44. The molecule has 0 aromatic heterocycles. The van der Waals surface area contributed by atoms with Crippen LogP contribution >= 0.6 is 11.6 Å². The number of quaternary nitrogens is 1. The number of likely N-dealkylation sites (N-methyl/N-ethyl adjacent to an activating group) is 1. The molecule has 3 rings (SSSR count). The van der Waals surface area contributed by atoms with Gasteiger partial charge in [-0.3, -0.25) is 0 Å². The van der Waals surface area contributed by atoms with E-state index in [-0.39, 0.29) is 10.6 Å². The van der Waals surface area contributed by atoms with Gasteiger partial charge in [0, 0.05) is 19.2 Å². The highest BCUT2D eigenvalue weighted by molar-refractivity contribution is 6.33. The van der Waals surface area contributed by atoms with E-state index in [0.29, 0.717) is 62.1 Å². The van der Waals surface area contributed by atoms with Gasteiger partial charge in [-0.1, -0.05) is 11.6 Å². The molecule has 28 heavy (non-hydrogen) atoms. The second-order valence-corrected chi connectivity index (χ2v) is 8.66. The molecule has 0 saturated heterocycles. The van der Waals surface area contributed by atoms with E-state index in [1.165, 1.54) is 0 Å². The Balaban J connectivity index is 1.96. The van der Waals surface area contributed by atoms with E-state index in [1.807, 2.05) is 33.8 Å². The number of hydrogen-bond donors (Lipinski definition) is 1. The number of benzene rings is 1. The lowest BCUT2D eigenvalue weighted by Crippen LogP contribution is -2.57. The van der Waals surface area contributed by atoms with Gasteiger partial charge in [-0.25, -0.2) is 4.79 Å². The summed E-state index contributed by atoms with van der Waals surface area (Å²) in [7, 11) is 0. The summed E-state index contributed by atoms with van der Waals surface area (Å²) in [5.41, 5.74) is 1.93. The Bertz CT molecular complexity index is 805. The van der Waals surface area contributed by atoms with E-state index < -0.39 is 11.7 Å². The van der Waals surface area contributed by atoms with Crippen LogP contribution in [0.1, 0.15) is 38.8 Å². The lowest BCUT2D eigenvalue weighted by molar-refractivity contribution is 0.0258. The van der Waals surface area contributed by atoms with Gasteiger partial charge < -0.3 is 19.5 Å². The molecule has 7 nitrogen and oxygen atoms in total. The Hall–Kier alpha value is -1.99. The zero-order chi connectivity index (χ0) is 20.7. The molecule has 0 bridgehead atoms. The van der Waals surface area contributed by atoms with Gasteiger partial charge in [0.1, 0.15) is 18.8 Å². The van der Waals surface area contributed by atoms with Crippen molar-refractivity contribution >= 4 is 29.5 Å². The topological polar surface area (TPSA) is 76.1 Å². The largest absolute Gasteiger partial charge is 0.518 e. The van der Waals surface area contributed by atoms with Gasteiger partial charge in [0.15, 0.2) is 11.4 Å². The molecule has 2 amide bonds. The Morgan fingerprint density at radius 2 is 2.00 bits per heavy atom. The van der Waals surface area contributed by atoms with Crippen molar-refractivity contribution in [2.24, 2.45) is 0 Å². The number of carbonyl (C=O) groups excluding carboxylic acids is 1. The zero-order valence-electron chi connectivity index (χ0n) is 16.9. The summed E-state index contributed by atoms with van der Waals surface area (Å²) in [4.78, 5) is 26.2. The summed E-state index contributed by atoms with van der Waals surface area (Å²) in [6, 6.07) is 1.91. The number of fused-ring (bicyclic) bond motifs is 2. The van der Waals surface area contributed by atoms with Gasteiger partial charge in [-0.2, -0.15) is 9.28 Å². The number of carboxylic acid groups (broad SMARTS) is 1. The lowest BCUT2D eigenvalue weighted by atomic mass is 9.99. The normalized spacial score (nSPS) is 21.8. The molecule has 0 fully saturated rings. The van der Waals surface area contributed by atoms with Crippen molar-refractivity contribution in [1.82, 2.24) is 9.38 Å². The quantitative estimate of drug-likeness (QED) is 0.705. The van der Waals surface area contributed by atoms with Crippen molar-refractivity contribution in [3.05, 3.63) is 22.2 Å². The maximum atomic E-state index is 12.5. The third-order valence-electron chi connectivity index (χ3n) is 5.42. The number of amides is 2. The third-order valence-corrected chi connectivity index (χ3v) is 5.82. The first-order chi connectivity index (χ1) is 13.1. The van der Waals surface area contributed by atoms with Crippen LogP contribution in [0.4, 0.5) is 15.3 Å². The molecule has 154 valence electrons. The molecule has 1 aromatic carbocycles.